The molecule has 0 aliphatic carbocycles. The van der Waals surface area contributed by atoms with Gasteiger partial charge in [-0.15, -0.1) is 0 Å². The summed E-state index contributed by atoms with van der Waals surface area (Å²) in [5.74, 6) is -2.18. The molecule has 0 heterocycles. The summed E-state index contributed by atoms with van der Waals surface area (Å²) in [5, 5.41) is 13.4. The summed E-state index contributed by atoms with van der Waals surface area (Å²) < 4.78 is 0. The Morgan fingerprint density at radius 3 is 2.60 bits per heavy atom. The highest BCUT2D eigenvalue weighted by Crippen LogP contribution is 2.11. The zero-order valence-electron chi connectivity index (χ0n) is 10.4. The van der Waals surface area contributed by atoms with Crippen LogP contribution < -0.4 is 10.6 Å². The van der Waals surface area contributed by atoms with Crippen molar-refractivity contribution in [3.05, 3.63) is 40.9 Å². The number of hydrogen-bond acceptors (Lipinski definition) is 3. The molecule has 0 spiro atoms. The van der Waals surface area contributed by atoms with Crippen molar-refractivity contribution in [2.75, 3.05) is 13.1 Å². The van der Waals surface area contributed by atoms with Gasteiger partial charge in [0.15, 0.2) is 0 Å². The Kier molecular flexibility index (Phi) is 6.25. The number of halogens is 1. The van der Waals surface area contributed by atoms with Crippen LogP contribution in [0.15, 0.2) is 30.3 Å². The fourth-order valence-corrected chi connectivity index (χ4v) is 1.44. The minimum Gasteiger partial charge on any atom is -0.480 e. The van der Waals surface area contributed by atoms with Crippen molar-refractivity contribution in [1.82, 2.24) is 10.6 Å². The number of benzene rings is 1. The lowest BCUT2D eigenvalue weighted by Crippen LogP contribution is -2.38. The van der Waals surface area contributed by atoms with Crippen LogP contribution in [0.4, 0.5) is 0 Å². The molecule has 0 radical (unpaired) electrons. The van der Waals surface area contributed by atoms with Gasteiger partial charge in [0.1, 0.15) is 6.54 Å². The lowest BCUT2D eigenvalue weighted by molar-refractivity contribution is -0.137. The summed E-state index contributed by atoms with van der Waals surface area (Å²) >= 11 is 5.79. The molecule has 0 aliphatic heterocycles. The summed E-state index contributed by atoms with van der Waals surface area (Å²) in [6, 6.07) is 6.92. The Bertz CT molecular complexity index is 543. The van der Waals surface area contributed by atoms with E-state index in [0.29, 0.717) is 5.02 Å². The Balaban J connectivity index is 2.36. The first-order valence-electron chi connectivity index (χ1n) is 5.67. The first-order valence-corrected chi connectivity index (χ1v) is 6.05. The zero-order chi connectivity index (χ0) is 15.0. The summed E-state index contributed by atoms with van der Waals surface area (Å²) in [5.41, 5.74) is 0.753. The van der Waals surface area contributed by atoms with E-state index in [9.17, 15) is 14.4 Å². The van der Waals surface area contributed by atoms with Gasteiger partial charge in [-0.1, -0.05) is 23.7 Å². The van der Waals surface area contributed by atoms with Crippen LogP contribution in [0.25, 0.3) is 6.08 Å². The molecular weight excluding hydrogens is 284 g/mol. The van der Waals surface area contributed by atoms with E-state index in [4.69, 9.17) is 16.7 Å². The number of carbonyl (C=O) groups excluding carboxylic acids is 2. The van der Waals surface area contributed by atoms with Gasteiger partial charge < -0.3 is 15.7 Å². The number of carboxylic acid groups (broad SMARTS) is 1. The summed E-state index contributed by atoms with van der Waals surface area (Å²) in [7, 11) is 0. The largest absolute Gasteiger partial charge is 0.480 e. The molecule has 0 bridgehead atoms. The van der Waals surface area contributed by atoms with Crippen LogP contribution in [0.5, 0.6) is 0 Å². The normalized spacial score (nSPS) is 10.2. The van der Waals surface area contributed by atoms with E-state index in [1.807, 2.05) is 0 Å². The highest BCUT2D eigenvalue weighted by atomic mass is 35.5. The van der Waals surface area contributed by atoms with Crippen molar-refractivity contribution in [2.24, 2.45) is 0 Å². The maximum atomic E-state index is 11.4. The summed E-state index contributed by atoms with van der Waals surface area (Å²) in [6.45, 7) is -0.765. The molecule has 20 heavy (non-hydrogen) atoms. The van der Waals surface area contributed by atoms with Crippen molar-refractivity contribution >= 4 is 35.5 Å². The van der Waals surface area contributed by atoms with Crippen LogP contribution in [0.1, 0.15) is 5.56 Å². The first-order chi connectivity index (χ1) is 9.47. The van der Waals surface area contributed by atoms with Crippen LogP contribution in [-0.4, -0.2) is 36.0 Å². The van der Waals surface area contributed by atoms with Crippen LogP contribution >= 0.6 is 11.6 Å². The number of hydrogen-bond donors (Lipinski definition) is 3. The summed E-state index contributed by atoms with van der Waals surface area (Å²) in [4.78, 5) is 32.8. The number of carbonyl (C=O) groups is 3. The monoisotopic (exact) mass is 296 g/mol. The third-order valence-electron chi connectivity index (χ3n) is 2.14. The molecule has 0 fully saturated rings. The number of amides is 2. The van der Waals surface area contributed by atoms with Crippen molar-refractivity contribution in [3.63, 3.8) is 0 Å². The number of rotatable bonds is 6. The molecule has 0 saturated heterocycles. The molecule has 0 aliphatic rings. The van der Waals surface area contributed by atoms with Crippen LogP contribution in [0, 0.1) is 0 Å². The Labute approximate surface area is 120 Å². The number of carboxylic acids is 1. The van der Waals surface area contributed by atoms with Gasteiger partial charge in [0.25, 0.3) is 0 Å². The molecule has 106 valence electrons. The van der Waals surface area contributed by atoms with Gasteiger partial charge in [0.05, 0.1) is 6.54 Å². The van der Waals surface area contributed by atoms with Crippen LogP contribution in [0.3, 0.4) is 0 Å². The summed E-state index contributed by atoms with van der Waals surface area (Å²) in [6.07, 6.45) is 2.81. The lowest BCUT2D eigenvalue weighted by Gasteiger charge is -2.02. The topological polar surface area (TPSA) is 95.5 Å². The molecular formula is C13H13ClN2O4. The van der Waals surface area contributed by atoms with Crippen molar-refractivity contribution < 1.29 is 19.5 Å². The molecule has 0 aromatic heterocycles. The standard InChI is InChI=1S/C13H13ClN2O4/c14-10-3-1-2-9(6-10)4-5-11(17)15-7-12(18)16-8-13(19)20/h1-6H,7-8H2,(H,15,17)(H,16,18)(H,19,20)/b5-4+. The van der Waals surface area contributed by atoms with Crippen LogP contribution in [-0.2, 0) is 14.4 Å². The van der Waals surface area contributed by atoms with E-state index in [0.717, 1.165) is 5.56 Å². The minimum atomic E-state index is -1.15. The van der Waals surface area contributed by atoms with Gasteiger partial charge in [-0.2, -0.15) is 0 Å². The molecule has 0 unspecified atom stereocenters. The molecule has 1 aromatic rings. The molecule has 1 aromatic carbocycles. The molecule has 6 nitrogen and oxygen atoms in total. The predicted octanol–water partition coefficient (Wildman–Crippen LogP) is 0.670. The number of aliphatic carboxylic acids is 1. The van der Waals surface area contributed by atoms with E-state index >= 15 is 0 Å². The van der Waals surface area contributed by atoms with Gasteiger partial charge >= 0.3 is 5.97 Å². The molecule has 3 N–H and O–H groups in total. The van der Waals surface area contributed by atoms with E-state index in [1.54, 1.807) is 30.3 Å². The van der Waals surface area contributed by atoms with E-state index in [-0.39, 0.29) is 6.54 Å². The molecule has 0 atom stereocenters. The van der Waals surface area contributed by atoms with Gasteiger partial charge in [0.2, 0.25) is 11.8 Å². The van der Waals surface area contributed by atoms with Gasteiger partial charge in [-0.3, -0.25) is 14.4 Å². The molecule has 0 saturated carbocycles. The van der Waals surface area contributed by atoms with Gasteiger partial charge in [-0.25, -0.2) is 0 Å². The Hall–Kier alpha value is -2.34. The zero-order valence-corrected chi connectivity index (χ0v) is 11.2. The average Bonchev–Trinajstić information content (AvgIpc) is 2.40. The van der Waals surface area contributed by atoms with Crippen molar-refractivity contribution in [2.45, 2.75) is 0 Å². The quantitative estimate of drug-likeness (QED) is 0.672. The maximum Gasteiger partial charge on any atom is 0.322 e. The fraction of sp³-hybridized carbons (Fsp3) is 0.154. The smallest absolute Gasteiger partial charge is 0.322 e. The van der Waals surface area contributed by atoms with Gasteiger partial charge in [-0.05, 0) is 23.8 Å². The molecule has 7 heteroatoms. The SMILES string of the molecule is O=C(O)CNC(=O)CNC(=O)/C=C/c1cccc(Cl)c1. The Morgan fingerprint density at radius 1 is 1.20 bits per heavy atom. The lowest BCUT2D eigenvalue weighted by atomic mass is 10.2. The highest BCUT2D eigenvalue weighted by Gasteiger charge is 2.04. The molecule has 2 amide bonds. The maximum absolute atomic E-state index is 11.4. The second-order valence-corrected chi connectivity index (χ2v) is 4.21. The average molecular weight is 297 g/mol. The van der Waals surface area contributed by atoms with E-state index in [2.05, 4.69) is 10.6 Å². The molecule has 1 rings (SSSR count). The predicted molar refractivity (Wildman–Crippen MR) is 74.1 cm³/mol. The van der Waals surface area contributed by atoms with Crippen molar-refractivity contribution in [3.8, 4) is 0 Å². The van der Waals surface area contributed by atoms with Crippen molar-refractivity contribution in [1.29, 1.82) is 0 Å². The highest BCUT2D eigenvalue weighted by molar-refractivity contribution is 6.30. The minimum absolute atomic E-state index is 0.286. The van der Waals surface area contributed by atoms with Gasteiger partial charge in [0, 0.05) is 11.1 Å². The second-order valence-electron chi connectivity index (χ2n) is 3.78. The first kappa shape index (κ1) is 15.7. The van der Waals surface area contributed by atoms with Crippen LogP contribution in [0.2, 0.25) is 5.02 Å². The third-order valence-corrected chi connectivity index (χ3v) is 2.37. The van der Waals surface area contributed by atoms with E-state index < -0.39 is 24.3 Å². The van der Waals surface area contributed by atoms with E-state index in [1.165, 1.54) is 6.08 Å². The Morgan fingerprint density at radius 2 is 1.95 bits per heavy atom. The third kappa shape index (κ3) is 6.55. The number of nitrogens with one attached hydrogen (secondary N) is 2. The fourth-order valence-electron chi connectivity index (χ4n) is 1.25. The second kappa shape index (κ2) is 7.96.